The van der Waals surface area contributed by atoms with Gasteiger partial charge in [0.1, 0.15) is 10.6 Å². The Morgan fingerprint density at radius 2 is 2.12 bits per heavy atom. The normalized spacial score (nSPS) is 13.5. The van der Waals surface area contributed by atoms with Gasteiger partial charge in [-0.25, -0.2) is 9.97 Å². The van der Waals surface area contributed by atoms with Gasteiger partial charge >= 0.3 is 0 Å². The van der Waals surface area contributed by atoms with Gasteiger partial charge in [-0.15, -0.1) is 11.3 Å². The summed E-state index contributed by atoms with van der Waals surface area (Å²) in [6, 6.07) is 9.69. The Kier molecular flexibility index (Phi) is 4.13. The van der Waals surface area contributed by atoms with Gasteiger partial charge in [-0.2, -0.15) is 5.26 Å². The number of thioether (sulfide) groups is 1. The summed E-state index contributed by atoms with van der Waals surface area (Å²) in [4.78, 5) is 12.0. The number of rotatable bonds is 3. The van der Waals surface area contributed by atoms with Crippen molar-refractivity contribution >= 4 is 44.8 Å². The van der Waals surface area contributed by atoms with Crippen LogP contribution in [-0.4, -0.2) is 16.2 Å². The molecule has 0 bridgehead atoms. The zero-order valence-corrected chi connectivity index (χ0v) is 14.9. The molecule has 0 fully saturated rings. The van der Waals surface area contributed by atoms with Crippen LogP contribution in [0.3, 0.4) is 0 Å². The topological polar surface area (TPSA) is 61.6 Å². The van der Waals surface area contributed by atoms with E-state index in [0.717, 1.165) is 39.7 Å². The first kappa shape index (κ1) is 15.4. The first-order valence-electron chi connectivity index (χ1n) is 7.92. The number of nitrogens with one attached hydrogen (secondary N) is 1. The van der Waals surface area contributed by atoms with E-state index in [1.54, 1.807) is 29.2 Å². The maximum absolute atomic E-state index is 9.10. The summed E-state index contributed by atoms with van der Waals surface area (Å²) in [6.07, 6.45) is 6.73. The van der Waals surface area contributed by atoms with Gasteiger partial charge in [0, 0.05) is 10.6 Å². The molecule has 1 aliphatic carbocycles. The molecule has 2 aromatic heterocycles. The first-order chi connectivity index (χ1) is 11.8. The lowest BCUT2D eigenvalue weighted by molar-refractivity contribution is 0.700. The van der Waals surface area contributed by atoms with Crippen molar-refractivity contribution < 1.29 is 0 Å². The highest BCUT2D eigenvalue weighted by atomic mass is 32.2. The van der Waals surface area contributed by atoms with Gasteiger partial charge in [0.25, 0.3) is 0 Å². The molecule has 0 unspecified atom stereocenters. The molecule has 0 atom stereocenters. The zero-order valence-electron chi connectivity index (χ0n) is 13.3. The average molecular weight is 352 g/mol. The number of anilines is 2. The lowest BCUT2D eigenvalue weighted by atomic mass is 9.97. The van der Waals surface area contributed by atoms with E-state index in [-0.39, 0.29) is 0 Å². The van der Waals surface area contributed by atoms with Crippen LogP contribution in [0.5, 0.6) is 0 Å². The Morgan fingerprint density at radius 1 is 1.25 bits per heavy atom. The van der Waals surface area contributed by atoms with Crippen molar-refractivity contribution in [3.05, 3.63) is 40.3 Å². The van der Waals surface area contributed by atoms with E-state index in [1.807, 2.05) is 24.5 Å². The summed E-state index contributed by atoms with van der Waals surface area (Å²) in [5, 5.41) is 14.5. The van der Waals surface area contributed by atoms with Crippen molar-refractivity contribution in [2.75, 3.05) is 11.6 Å². The Bertz CT molecular complexity index is 956. The molecule has 4 nitrogen and oxygen atoms in total. The highest BCUT2D eigenvalue weighted by Gasteiger charge is 2.21. The lowest BCUT2D eigenvalue weighted by Gasteiger charge is -2.13. The molecule has 2 heterocycles. The van der Waals surface area contributed by atoms with Crippen LogP contribution in [0.4, 0.5) is 11.5 Å². The van der Waals surface area contributed by atoms with E-state index in [4.69, 9.17) is 15.2 Å². The second-order valence-corrected chi connectivity index (χ2v) is 7.62. The smallest absolute Gasteiger partial charge is 0.190 e. The van der Waals surface area contributed by atoms with E-state index in [9.17, 15) is 0 Å². The number of aryl methyl sites for hydroxylation is 2. The molecule has 0 amide bonds. The number of thiophene rings is 1. The highest BCUT2D eigenvalue weighted by Crippen LogP contribution is 2.40. The van der Waals surface area contributed by atoms with Crippen molar-refractivity contribution in [3.63, 3.8) is 0 Å². The fraction of sp³-hybridized carbons (Fsp3) is 0.278. The van der Waals surface area contributed by atoms with Gasteiger partial charge < -0.3 is 5.32 Å². The monoisotopic (exact) mass is 352 g/mol. The molecule has 0 radical (unpaired) electrons. The van der Waals surface area contributed by atoms with Crippen molar-refractivity contribution in [1.82, 2.24) is 9.97 Å². The third-order valence-corrected chi connectivity index (χ3v) is 5.96. The molecule has 4 rings (SSSR count). The molecule has 3 aromatic rings. The fourth-order valence-corrected chi connectivity index (χ4v) is 4.81. The molecular formula is C18H16N4S2. The third kappa shape index (κ3) is 2.74. The van der Waals surface area contributed by atoms with Gasteiger partial charge in [-0.05, 0) is 55.7 Å². The summed E-state index contributed by atoms with van der Waals surface area (Å²) in [6.45, 7) is 0. The number of fused-ring (bicyclic) bond motifs is 3. The maximum atomic E-state index is 9.10. The van der Waals surface area contributed by atoms with Crippen LogP contribution < -0.4 is 5.32 Å². The van der Waals surface area contributed by atoms with Crippen molar-refractivity contribution in [2.45, 2.75) is 30.8 Å². The second-order valence-electron chi connectivity index (χ2n) is 5.77. The Balaban J connectivity index is 1.86. The molecule has 1 aromatic carbocycles. The number of hydrogen-bond acceptors (Lipinski definition) is 6. The summed E-state index contributed by atoms with van der Waals surface area (Å²) in [7, 11) is 0. The van der Waals surface area contributed by atoms with E-state index in [1.165, 1.54) is 23.3 Å². The van der Waals surface area contributed by atoms with Crippen molar-refractivity contribution in [2.24, 2.45) is 0 Å². The summed E-state index contributed by atoms with van der Waals surface area (Å²) < 4.78 is 0. The van der Waals surface area contributed by atoms with Crippen LogP contribution in [0.1, 0.15) is 28.8 Å². The quantitative estimate of drug-likeness (QED) is 0.536. The number of hydrogen-bond donors (Lipinski definition) is 1. The number of benzene rings is 1. The second kappa shape index (κ2) is 6.42. The average Bonchev–Trinajstić information content (AvgIpc) is 3.00. The van der Waals surface area contributed by atoms with Crippen LogP contribution in [0.25, 0.3) is 10.2 Å². The molecule has 120 valence electrons. The molecule has 1 N–H and O–H groups in total. The molecule has 0 aliphatic heterocycles. The predicted octanol–water partition coefficient (Wildman–Crippen LogP) is 4.91. The Hall–Kier alpha value is -2.10. The molecule has 24 heavy (non-hydrogen) atoms. The molecule has 0 saturated heterocycles. The lowest BCUT2D eigenvalue weighted by Crippen LogP contribution is -2.02. The number of nitriles is 1. The van der Waals surface area contributed by atoms with Crippen LogP contribution in [0.15, 0.2) is 29.4 Å². The summed E-state index contributed by atoms with van der Waals surface area (Å²) in [5.41, 5.74) is 2.94. The molecular weight excluding hydrogens is 336 g/mol. The minimum atomic E-state index is 0.641. The van der Waals surface area contributed by atoms with Gasteiger partial charge in [0.2, 0.25) is 0 Å². The van der Waals surface area contributed by atoms with Gasteiger partial charge in [0.15, 0.2) is 5.16 Å². The van der Waals surface area contributed by atoms with E-state index in [0.29, 0.717) is 5.56 Å². The fourth-order valence-electron chi connectivity index (χ4n) is 3.12. The van der Waals surface area contributed by atoms with E-state index in [2.05, 4.69) is 11.4 Å². The van der Waals surface area contributed by atoms with Crippen molar-refractivity contribution in [3.8, 4) is 6.07 Å². The van der Waals surface area contributed by atoms with Gasteiger partial charge in [-0.3, -0.25) is 0 Å². The highest BCUT2D eigenvalue weighted by molar-refractivity contribution is 7.98. The Labute approximate surface area is 148 Å². The van der Waals surface area contributed by atoms with Crippen LogP contribution in [0.2, 0.25) is 0 Å². The maximum Gasteiger partial charge on any atom is 0.190 e. The molecule has 0 saturated carbocycles. The van der Waals surface area contributed by atoms with Crippen LogP contribution >= 0.6 is 23.1 Å². The SMILES string of the molecule is CSc1nc(Nc2cccc(C#N)c2)c2c3c(sc2n1)CCCC3. The molecule has 6 heteroatoms. The molecule has 1 aliphatic rings. The zero-order chi connectivity index (χ0) is 16.5. The van der Waals surface area contributed by atoms with E-state index >= 15 is 0 Å². The standard InChI is InChI=1S/C18H16N4S2/c1-23-18-21-16(20-12-6-4-5-11(9-12)10-19)15-13-7-2-3-8-14(13)24-17(15)22-18/h4-6,9H,2-3,7-8H2,1H3,(H,20,21,22). The van der Waals surface area contributed by atoms with E-state index < -0.39 is 0 Å². The first-order valence-corrected chi connectivity index (χ1v) is 9.96. The van der Waals surface area contributed by atoms with Gasteiger partial charge in [-0.1, -0.05) is 17.8 Å². The largest absolute Gasteiger partial charge is 0.340 e. The summed E-state index contributed by atoms with van der Waals surface area (Å²) >= 11 is 3.36. The minimum Gasteiger partial charge on any atom is -0.340 e. The van der Waals surface area contributed by atoms with Crippen LogP contribution in [0, 0.1) is 11.3 Å². The Morgan fingerprint density at radius 3 is 2.96 bits per heavy atom. The van der Waals surface area contributed by atoms with Crippen LogP contribution in [-0.2, 0) is 12.8 Å². The summed E-state index contributed by atoms with van der Waals surface area (Å²) in [5.74, 6) is 0.860. The van der Waals surface area contributed by atoms with Gasteiger partial charge in [0.05, 0.1) is 17.0 Å². The van der Waals surface area contributed by atoms with Crippen molar-refractivity contribution in [1.29, 1.82) is 5.26 Å². The minimum absolute atomic E-state index is 0.641. The number of aromatic nitrogens is 2. The number of nitrogens with zero attached hydrogens (tertiary/aromatic N) is 3. The molecule has 0 spiro atoms. The predicted molar refractivity (Wildman–Crippen MR) is 100 cm³/mol. The third-order valence-electron chi connectivity index (χ3n) is 4.23.